The second-order valence-corrected chi connectivity index (χ2v) is 5.33. The zero-order valence-corrected chi connectivity index (χ0v) is 13.8. The average Bonchev–Trinajstić information content (AvgIpc) is 3.13. The molecule has 0 fully saturated rings. The number of allylic oxidation sites excluding steroid dienone is 1. The van der Waals surface area contributed by atoms with Crippen LogP contribution in [0, 0.1) is 0 Å². The largest absolute Gasteiger partial charge is 0.497 e. The Labute approximate surface area is 146 Å². The van der Waals surface area contributed by atoms with Crippen LogP contribution in [-0.4, -0.2) is 12.9 Å². The van der Waals surface area contributed by atoms with Gasteiger partial charge in [-0.15, -0.1) is 0 Å². The van der Waals surface area contributed by atoms with Crippen molar-refractivity contribution in [2.75, 3.05) is 7.11 Å². The molecule has 0 bridgehead atoms. The molecule has 4 nitrogen and oxygen atoms in total. The molecule has 1 heterocycles. The number of hydrogen-bond donors (Lipinski definition) is 0. The maximum Gasteiger partial charge on any atom is 0.185 e. The summed E-state index contributed by atoms with van der Waals surface area (Å²) < 4.78 is 16.3. The van der Waals surface area contributed by atoms with Crippen LogP contribution in [0.1, 0.15) is 21.9 Å². The summed E-state index contributed by atoms with van der Waals surface area (Å²) in [5.41, 5.74) is 0.594. The number of carbonyl (C=O) groups excluding carboxylic acids is 1. The molecule has 126 valence electrons. The monoisotopic (exact) mass is 334 g/mol. The Morgan fingerprint density at radius 2 is 1.72 bits per heavy atom. The van der Waals surface area contributed by atoms with Crippen LogP contribution >= 0.6 is 0 Å². The molecular formula is C21H18O4. The summed E-state index contributed by atoms with van der Waals surface area (Å²) in [5.74, 6) is 2.70. The fourth-order valence-corrected chi connectivity index (χ4v) is 2.24. The first-order valence-electron chi connectivity index (χ1n) is 7.87. The van der Waals surface area contributed by atoms with Gasteiger partial charge in [-0.3, -0.25) is 4.79 Å². The highest BCUT2D eigenvalue weighted by Gasteiger charge is 2.04. The number of para-hydroxylation sites is 1. The first kappa shape index (κ1) is 16.6. The van der Waals surface area contributed by atoms with Gasteiger partial charge in [0.25, 0.3) is 0 Å². The molecule has 2 aromatic carbocycles. The third-order valence-corrected chi connectivity index (χ3v) is 3.58. The Morgan fingerprint density at radius 3 is 2.44 bits per heavy atom. The number of methoxy groups -OCH3 is 1. The van der Waals surface area contributed by atoms with Gasteiger partial charge in [-0.1, -0.05) is 18.2 Å². The van der Waals surface area contributed by atoms with Gasteiger partial charge in [0.05, 0.1) is 7.11 Å². The van der Waals surface area contributed by atoms with Crippen molar-refractivity contribution in [3.8, 4) is 11.5 Å². The molecule has 0 aliphatic carbocycles. The highest BCUT2D eigenvalue weighted by molar-refractivity contribution is 6.06. The van der Waals surface area contributed by atoms with Gasteiger partial charge in [0.2, 0.25) is 0 Å². The molecule has 0 atom stereocenters. The number of ether oxygens (including phenoxy) is 2. The van der Waals surface area contributed by atoms with Gasteiger partial charge in [0.15, 0.2) is 5.78 Å². The maximum atomic E-state index is 12.1. The average molecular weight is 334 g/mol. The molecule has 3 aromatic rings. The molecule has 4 heteroatoms. The van der Waals surface area contributed by atoms with Crippen LogP contribution in [0.15, 0.2) is 77.2 Å². The Morgan fingerprint density at radius 1 is 0.960 bits per heavy atom. The van der Waals surface area contributed by atoms with E-state index >= 15 is 0 Å². The minimum Gasteiger partial charge on any atom is -0.497 e. The van der Waals surface area contributed by atoms with Gasteiger partial charge in [-0.25, -0.2) is 0 Å². The van der Waals surface area contributed by atoms with E-state index in [0.29, 0.717) is 23.7 Å². The lowest BCUT2D eigenvalue weighted by atomic mass is 10.1. The minimum absolute atomic E-state index is 0.0962. The molecule has 3 rings (SSSR count). The van der Waals surface area contributed by atoms with E-state index in [9.17, 15) is 4.79 Å². The first-order valence-corrected chi connectivity index (χ1v) is 7.87. The lowest BCUT2D eigenvalue weighted by Gasteiger charge is -2.02. The number of carbonyl (C=O) groups is 1. The van der Waals surface area contributed by atoms with Crippen molar-refractivity contribution in [2.45, 2.75) is 6.61 Å². The number of ketones is 1. The van der Waals surface area contributed by atoms with E-state index in [1.54, 1.807) is 37.5 Å². The number of furan rings is 1. The second-order valence-electron chi connectivity index (χ2n) is 5.33. The van der Waals surface area contributed by atoms with Gasteiger partial charge in [-0.05, 0) is 60.7 Å². The highest BCUT2D eigenvalue weighted by Crippen LogP contribution is 2.16. The van der Waals surface area contributed by atoms with Crippen LogP contribution in [-0.2, 0) is 6.61 Å². The van der Waals surface area contributed by atoms with Crippen molar-refractivity contribution in [3.63, 3.8) is 0 Å². The molecule has 0 aliphatic heterocycles. The van der Waals surface area contributed by atoms with Gasteiger partial charge in [0.1, 0.15) is 29.6 Å². The normalized spacial score (nSPS) is 10.8. The zero-order chi connectivity index (χ0) is 17.5. The van der Waals surface area contributed by atoms with Crippen LogP contribution < -0.4 is 9.47 Å². The molecule has 0 aliphatic rings. The van der Waals surface area contributed by atoms with Crippen LogP contribution in [0.5, 0.6) is 11.5 Å². The highest BCUT2D eigenvalue weighted by atomic mass is 16.5. The van der Waals surface area contributed by atoms with E-state index in [1.165, 1.54) is 6.08 Å². The third kappa shape index (κ3) is 4.61. The Kier molecular flexibility index (Phi) is 5.32. The van der Waals surface area contributed by atoms with E-state index < -0.39 is 0 Å². The molecule has 1 aromatic heterocycles. The molecule has 0 saturated carbocycles. The number of benzene rings is 2. The van der Waals surface area contributed by atoms with E-state index in [1.807, 2.05) is 42.5 Å². The van der Waals surface area contributed by atoms with Crippen molar-refractivity contribution < 1.29 is 18.7 Å². The Balaban J connectivity index is 1.58. The summed E-state index contributed by atoms with van der Waals surface area (Å²) in [6.45, 7) is 0.338. The summed E-state index contributed by atoms with van der Waals surface area (Å²) in [7, 11) is 1.59. The van der Waals surface area contributed by atoms with Crippen LogP contribution in [0.4, 0.5) is 0 Å². The van der Waals surface area contributed by atoms with E-state index in [-0.39, 0.29) is 5.78 Å². The molecule has 25 heavy (non-hydrogen) atoms. The molecule has 0 unspecified atom stereocenters. The number of rotatable bonds is 7. The molecule has 0 N–H and O–H groups in total. The summed E-state index contributed by atoms with van der Waals surface area (Å²) in [4.78, 5) is 12.1. The van der Waals surface area contributed by atoms with E-state index in [0.717, 1.165) is 11.5 Å². The lowest BCUT2D eigenvalue weighted by molar-refractivity contribution is 0.104. The molecule has 0 saturated heterocycles. The predicted molar refractivity (Wildman–Crippen MR) is 95.8 cm³/mol. The Bertz CT molecular complexity index is 845. The molecule has 0 radical (unpaired) electrons. The molecule has 0 amide bonds. The van der Waals surface area contributed by atoms with Gasteiger partial charge in [0, 0.05) is 5.56 Å². The fourth-order valence-electron chi connectivity index (χ4n) is 2.24. The van der Waals surface area contributed by atoms with Crippen molar-refractivity contribution in [1.82, 2.24) is 0 Å². The Hall–Kier alpha value is -3.27. The minimum atomic E-state index is -0.0962. The molecular weight excluding hydrogens is 316 g/mol. The standard InChI is InChI=1S/C21H18O4/c1-23-17-9-7-16(8-10-17)21(22)14-13-19-11-12-20(25-19)15-24-18-5-3-2-4-6-18/h2-14H,15H2,1H3/b14-13+. The van der Waals surface area contributed by atoms with Crippen LogP contribution in [0.2, 0.25) is 0 Å². The second kappa shape index (κ2) is 8.02. The zero-order valence-electron chi connectivity index (χ0n) is 13.8. The van der Waals surface area contributed by atoms with Crippen molar-refractivity contribution in [2.24, 2.45) is 0 Å². The van der Waals surface area contributed by atoms with Crippen LogP contribution in [0.25, 0.3) is 6.08 Å². The summed E-state index contributed by atoms with van der Waals surface area (Å²) >= 11 is 0. The predicted octanol–water partition coefficient (Wildman–Crippen LogP) is 4.76. The maximum absolute atomic E-state index is 12.1. The van der Waals surface area contributed by atoms with Gasteiger partial charge >= 0.3 is 0 Å². The summed E-state index contributed by atoms with van der Waals surface area (Å²) in [6.07, 6.45) is 3.14. The first-order chi connectivity index (χ1) is 12.2. The third-order valence-electron chi connectivity index (χ3n) is 3.58. The summed E-state index contributed by atoms with van der Waals surface area (Å²) in [6, 6.07) is 20.1. The van der Waals surface area contributed by atoms with Gasteiger partial charge < -0.3 is 13.9 Å². The quantitative estimate of drug-likeness (QED) is 0.461. The fraction of sp³-hybridized carbons (Fsp3) is 0.0952. The van der Waals surface area contributed by atoms with Crippen molar-refractivity contribution in [1.29, 1.82) is 0 Å². The van der Waals surface area contributed by atoms with E-state index in [4.69, 9.17) is 13.9 Å². The topological polar surface area (TPSA) is 48.7 Å². The lowest BCUT2D eigenvalue weighted by Crippen LogP contribution is -1.94. The molecule has 0 spiro atoms. The van der Waals surface area contributed by atoms with Crippen molar-refractivity contribution >= 4 is 11.9 Å². The smallest absolute Gasteiger partial charge is 0.185 e. The van der Waals surface area contributed by atoms with E-state index in [2.05, 4.69) is 0 Å². The van der Waals surface area contributed by atoms with Crippen LogP contribution in [0.3, 0.4) is 0 Å². The SMILES string of the molecule is COc1ccc(C(=O)/C=C/c2ccc(COc3ccccc3)o2)cc1. The van der Waals surface area contributed by atoms with Crippen molar-refractivity contribution in [3.05, 3.63) is 89.9 Å². The van der Waals surface area contributed by atoms with Gasteiger partial charge in [-0.2, -0.15) is 0 Å². The number of hydrogen-bond acceptors (Lipinski definition) is 4. The summed E-state index contributed by atoms with van der Waals surface area (Å²) in [5, 5.41) is 0.